The highest BCUT2D eigenvalue weighted by atomic mass is 16.7. The van der Waals surface area contributed by atoms with Crippen molar-refractivity contribution in [3.8, 4) is 11.1 Å². The Kier molecular flexibility index (Phi) is 5.86. The molecule has 0 aliphatic carbocycles. The standard InChI is InChI=1S/C27H31BO2/c1-26(2)27(3,4)30-28(29-26)25(20-19-21-13-7-5-8-14-21)24-18-12-11-17-23(24)22-15-9-6-10-16-22/h5-18,25H,19-20H2,1-4H3. The largest absolute Gasteiger partial charge is 0.465 e. The molecule has 1 aliphatic rings. The summed E-state index contributed by atoms with van der Waals surface area (Å²) in [6, 6.07) is 30.0. The molecule has 0 saturated carbocycles. The van der Waals surface area contributed by atoms with E-state index in [9.17, 15) is 0 Å². The number of rotatable bonds is 6. The second-order valence-electron chi connectivity index (χ2n) is 9.21. The van der Waals surface area contributed by atoms with Gasteiger partial charge in [0, 0.05) is 5.82 Å². The van der Waals surface area contributed by atoms with Gasteiger partial charge in [0.1, 0.15) is 0 Å². The highest BCUT2D eigenvalue weighted by Gasteiger charge is 2.54. The Hall–Kier alpha value is -2.36. The van der Waals surface area contributed by atoms with Gasteiger partial charge in [0.05, 0.1) is 11.2 Å². The van der Waals surface area contributed by atoms with Crippen molar-refractivity contribution in [3.05, 3.63) is 96.1 Å². The number of hydrogen-bond acceptors (Lipinski definition) is 2. The Morgan fingerprint density at radius 3 is 1.87 bits per heavy atom. The van der Waals surface area contributed by atoms with Crippen molar-refractivity contribution < 1.29 is 9.31 Å². The van der Waals surface area contributed by atoms with E-state index in [-0.39, 0.29) is 24.1 Å². The van der Waals surface area contributed by atoms with E-state index in [0.29, 0.717) is 0 Å². The molecule has 0 spiro atoms. The van der Waals surface area contributed by atoms with Gasteiger partial charge in [0.2, 0.25) is 0 Å². The van der Waals surface area contributed by atoms with Gasteiger partial charge in [-0.05, 0) is 62.8 Å². The summed E-state index contributed by atoms with van der Waals surface area (Å²) in [6.45, 7) is 8.52. The zero-order valence-corrected chi connectivity index (χ0v) is 18.5. The fourth-order valence-electron chi connectivity index (χ4n) is 4.16. The lowest BCUT2D eigenvalue weighted by atomic mass is 9.64. The third kappa shape index (κ3) is 4.24. The van der Waals surface area contributed by atoms with Gasteiger partial charge in [0.25, 0.3) is 0 Å². The second-order valence-corrected chi connectivity index (χ2v) is 9.21. The molecule has 0 bridgehead atoms. The molecule has 1 fully saturated rings. The monoisotopic (exact) mass is 398 g/mol. The molecule has 0 N–H and O–H groups in total. The Morgan fingerprint density at radius 2 is 1.23 bits per heavy atom. The maximum atomic E-state index is 6.54. The SMILES string of the molecule is CC1(C)OB(C(CCc2ccccc2)c2ccccc2-c2ccccc2)OC1(C)C. The fraction of sp³-hybridized carbons (Fsp3) is 0.333. The minimum absolute atomic E-state index is 0.141. The summed E-state index contributed by atoms with van der Waals surface area (Å²) in [5, 5.41) is 0. The first-order chi connectivity index (χ1) is 14.4. The maximum Gasteiger partial charge on any atom is 0.465 e. The van der Waals surface area contributed by atoms with Crippen LogP contribution in [0.1, 0.15) is 51.1 Å². The van der Waals surface area contributed by atoms with Crippen molar-refractivity contribution >= 4 is 7.12 Å². The predicted octanol–water partition coefficient (Wildman–Crippen LogP) is 6.70. The molecule has 30 heavy (non-hydrogen) atoms. The van der Waals surface area contributed by atoms with Crippen LogP contribution in [0.3, 0.4) is 0 Å². The zero-order chi connectivity index (χ0) is 21.2. The van der Waals surface area contributed by atoms with Crippen molar-refractivity contribution in [2.24, 2.45) is 0 Å². The first-order valence-corrected chi connectivity index (χ1v) is 10.9. The molecule has 1 saturated heterocycles. The van der Waals surface area contributed by atoms with E-state index in [1.54, 1.807) is 0 Å². The summed E-state index contributed by atoms with van der Waals surface area (Å²) in [4.78, 5) is 0. The van der Waals surface area contributed by atoms with Gasteiger partial charge in [-0.3, -0.25) is 0 Å². The average molecular weight is 398 g/mol. The van der Waals surface area contributed by atoms with Crippen LogP contribution in [-0.2, 0) is 15.7 Å². The van der Waals surface area contributed by atoms with Gasteiger partial charge in [-0.1, -0.05) is 84.9 Å². The smallest absolute Gasteiger partial charge is 0.403 e. The van der Waals surface area contributed by atoms with Crippen molar-refractivity contribution in [1.29, 1.82) is 0 Å². The topological polar surface area (TPSA) is 18.5 Å². The summed E-state index contributed by atoms with van der Waals surface area (Å²) in [5.74, 6) is 0.141. The van der Waals surface area contributed by atoms with Crippen molar-refractivity contribution in [1.82, 2.24) is 0 Å². The van der Waals surface area contributed by atoms with E-state index in [0.717, 1.165) is 12.8 Å². The van der Waals surface area contributed by atoms with Crippen LogP contribution in [0.25, 0.3) is 11.1 Å². The second kappa shape index (κ2) is 8.41. The van der Waals surface area contributed by atoms with E-state index in [2.05, 4.69) is 113 Å². The predicted molar refractivity (Wildman–Crippen MR) is 125 cm³/mol. The lowest BCUT2D eigenvalue weighted by molar-refractivity contribution is 0.00578. The number of aryl methyl sites for hydroxylation is 1. The molecule has 0 aromatic heterocycles. The minimum atomic E-state index is -0.343. The zero-order valence-electron chi connectivity index (χ0n) is 18.5. The van der Waals surface area contributed by atoms with Gasteiger partial charge >= 0.3 is 7.12 Å². The van der Waals surface area contributed by atoms with Crippen molar-refractivity contribution in [2.75, 3.05) is 0 Å². The lowest BCUT2D eigenvalue weighted by Gasteiger charge is -2.32. The average Bonchev–Trinajstić information content (AvgIpc) is 2.97. The van der Waals surface area contributed by atoms with Crippen LogP contribution in [0.2, 0.25) is 0 Å². The van der Waals surface area contributed by atoms with E-state index in [1.165, 1.54) is 22.3 Å². The molecule has 154 valence electrons. The summed E-state index contributed by atoms with van der Waals surface area (Å²) in [6.07, 6.45) is 1.95. The van der Waals surface area contributed by atoms with Crippen LogP contribution >= 0.6 is 0 Å². The molecule has 3 aromatic rings. The summed E-state index contributed by atoms with van der Waals surface area (Å²) in [5.41, 5.74) is 4.43. The normalized spacial score (nSPS) is 18.3. The Morgan fingerprint density at radius 1 is 0.700 bits per heavy atom. The molecule has 1 aliphatic heterocycles. The molecular weight excluding hydrogens is 367 g/mol. The molecule has 1 unspecified atom stereocenters. The third-order valence-electron chi connectivity index (χ3n) is 6.63. The van der Waals surface area contributed by atoms with Crippen molar-refractivity contribution in [3.63, 3.8) is 0 Å². The third-order valence-corrected chi connectivity index (χ3v) is 6.63. The molecule has 0 amide bonds. The molecule has 1 heterocycles. The molecular formula is C27H31BO2. The van der Waals surface area contributed by atoms with Crippen LogP contribution < -0.4 is 0 Å². The maximum absolute atomic E-state index is 6.54. The van der Waals surface area contributed by atoms with E-state index in [4.69, 9.17) is 9.31 Å². The highest BCUT2D eigenvalue weighted by Crippen LogP contribution is 2.43. The Bertz CT molecular complexity index is 950. The Labute approximate surface area is 181 Å². The molecule has 3 heteroatoms. The van der Waals surface area contributed by atoms with Crippen LogP contribution in [-0.4, -0.2) is 18.3 Å². The number of hydrogen-bond donors (Lipinski definition) is 0. The van der Waals surface area contributed by atoms with Crippen LogP contribution in [0.5, 0.6) is 0 Å². The van der Waals surface area contributed by atoms with Gasteiger partial charge in [0.15, 0.2) is 0 Å². The Balaban J connectivity index is 1.71. The van der Waals surface area contributed by atoms with Crippen molar-refractivity contribution in [2.45, 2.75) is 57.6 Å². The highest BCUT2D eigenvalue weighted by molar-refractivity contribution is 6.47. The summed E-state index contributed by atoms with van der Waals surface area (Å²) >= 11 is 0. The number of benzene rings is 3. The van der Waals surface area contributed by atoms with Gasteiger partial charge in [-0.25, -0.2) is 0 Å². The molecule has 0 radical (unpaired) electrons. The lowest BCUT2D eigenvalue weighted by Crippen LogP contribution is -2.41. The van der Waals surface area contributed by atoms with Crippen LogP contribution in [0, 0.1) is 0 Å². The van der Waals surface area contributed by atoms with E-state index >= 15 is 0 Å². The molecule has 4 rings (SSSR count). The summed E-state index contributed by atoms with van der Waals surface area (Å²) in [7, 11) is -0.274. The van der Waals surface area contributed by atoms with E-state index < -0.39 is 0 Å². The van der Waals surface area contributed by atoms with Gasteiger partial charge in [-0.2, -0.15) is 0 Å². The fourth-order valence-corrected chi connectivity index (χ4v) is 4.16. The molecule has 1 atom stereocenters. The van der Waals surface area contributed by atoms with Crippen LogP contribution in [0.4, 0.5) is 0 Å². The minimum Gasteiger partial charge on any atom is -0.403 e. The molecule has 2 nitrogen and oxygen atoms in total. The first kappa shape index (κ1) is 20.9. The first-order valence-electron chi connectivity index (χ1n) is 10.9. The van der Waals surface area contributed by atoms with Gasteiger partial charge < -0.3 is 9.31 Å². The quantitative estimate of drug-likeness (QED) is 0.430. The molecule has 3 aromatic carbocycles. The van der Waals surface area contributed by atoms with Gasteiger partial charge in [-0.15, -0.1) is 0 Å². The van der Waals surface area contributed by atoms with Crippen LogP contribution in [0.15, 0.2) is 84.9 Å². The summed E-state index contributed by atoms with van der Waals surface area (Å²) < 4.78 is 13.1. The van der Waals surface area contributed by atoms with E-state index in [1.807, 2.05) is 0 Å².